The van der Waals surface area contributed by atoms with E-state index in [0.29, 0.717) is 18.3 Å². The van der Waals surface area contributed by atoms with Crippen LogP contribution in [0.4, 0.5) is 0 Å². The zero-order valence-electron chi connectivity index (χ0n) is 11.8. The number of hydrogen-bond donors (Lipinski definition) is 0. The van der Waals surface area contributed by atoms with Gasteiger partial charge in [0.25, 0.3) is 0 Å². The van der Waals surface area contributed by atoms with Gasteiger partial charge in [0.15, 0.2) is 5.82 Å². The van der Waals surface area contributed by atoms with Crippen LogP contribution in [0.2, 0.25) is 0 Å². The third-order valence-electron chi connectivity index (χ3n) is 3.24. The standard InChI is InChI=1S/C15H15N5O/c1-2-5-15-18-13(19-21-15)10-20-12-7-4-3-6-11(12)17-14(20)8-9-16/h3-4,6-7H,2,5,8,10H2,1H3. The first-order valence-corrected chi connectivity index (χ1v) is 6.94. The summed E-state index contributed by atoms with van der Waals surface area (Å²) in [5, 5.41) is 13.0. The molecule has 0 aliphatic carbocycles. The molecule has 0 fully saturated rings. The molecular formula is C15H15N5O. The van der Waals surface area contributed by atoms with Crippen LogP contribution in [0.15, 0.2) is 28.8 Å². The maximum absolute atomic E-state index is 8.96. The van der Waals surface area contributed by atoms with Gasteiger partial charge in [0.2, 0.25) is 5.89 Å². The molecule has 0 saturated heterocycles. The van der Waals surface area contributed by atoms with Crippen LogP contribution in [-0.4, -0.2) is 19.7 Å². The number of benzene rings is 1. The van der Waals surface area contributed by atoms with Crippen LogP contribution in [0, 0.1) is 11.3 Å². The second-order valence-corrected chi connectivity index (χ2v) is 4.79. The van der Waals surface area contributed by atoms with Gasteiger partial charge >= 0.3 is 0 Å². The van der Waals surface area contributed by atoms with Gasteiger partial charge in [0.1, 0.15) is 5.82 Å². The number of nitrogens with zero attached hydrogens (tertiary/aromatic N) is 5. The molecule has 3 aromatic rings. The fourth-order valence-corrected chi connectivity index (χ4v) is 2.32. The van der Waals surface area contributed by atoms with Crippen LogP contribution >= 0.6 is 0 Å². The number of aryl methyl sites for hydroxylation is 1. The third-order valence-corrected chi connectivity index (χ3v) is 3.24. The minimum atomic E-state index is 0.258. The van der Waals surface area contributed by atoms with Crippen molar-refractivity contribution in [3.8, 4) is 6.07 Å². The number of rotatable bonds is 5. The van der Waals surface area contributed by atoms with E-state index in [-0.39, 0.29) is 6.42 Å². The number of imidazole rings is 1. The second kappa shape index (κ2) is 5.75. The molecule has 0 saturated carbocycles. The lowest BCUT2D eigenvalue weighted by Crippen LogP contribution is -2.06. The highest BCUT2D eigenvalue weighted by atomic mass is 16.5. The summed E-state index contributed by atoms with van der Waals surface area (Å²) in [6.07, 6.45) is 2.01. The fourth-order valence-electron chi connectivity index (χ4n) is 2.32. The maximum Gasteiger partial charge on any atom is 0.226 e. The van der Waals surface area contributed by atoms with Gasteiger partial charge < -0.3 is 9.09 Å². The van der Waals surface area contributed by atoms with Gasteiger partial charge in [-0.15, -0.1) is 0 Å². The lowest BCUT2D eigenvalue weighted by atomic mass is 10.3. The molecular weight excluding hydrogens is 266 g/mol. The highest BCUT2D eigenvalue weighted by Crippen LogP contribution is 2.17. The third kappa shape index (κ3) is 2.63. The summed E-state index contributed by atoms with van der Waals surface area (Å²) in [7, 11) is 0. The lowest BCUT2D eigenvalue weighted by Gasteiger charge is -2.03. The molecule has 0 N–H and O–H groups in total. The zero-order valence-corrected chi connectivity index (χ0v) is 11.8. The SMILES string of the molecule is CCCc1nc(Cn2c(CC#N)nc3ccccc32)no1. The predicted molar refractivity (Wildman–Crippen MR) is 76.4 cm³/mol. The van der Waals surface area contributed by atoms with E-state index >= 15 is 0 Å². The molecule has 2 aromatic heterocycles. The molecule has 3 rings (SSSR count). The molecule has 106 valence electrons. The molecule has 2 heterocycles. The van der Waals surface area contributed by atoms with Gasteiger partial charge in [-0.2, -0.15) is 10.2 Å². The van der Waals surface area contributed by atoms with Crippen molar-refractivity contribution in [2.45, 2.75) is 32.7 Å². The van der Waals surface area contributed by atoms with Crippen molar-refractivity contribution in [3.05, 3.63) is 41.8 Å². The van der Waals surface area contributed by atoms with Gasteiger partial charge in [-0.3, -0.25) is 0 Å². The minimum absolute atomic E-state index is 0.258. The second-order valence-electron chi connectivity index (χ2n) is 4.79. The van der Waals surface area contributed by atoms with Crippen molar-refractivity contribution in [1.29, 1.82) is 5.26 Å². The molecule has 1 aromatic carbocycles. The largest absolute Gasteiger partial charge is 0.339 e. The Morgan fingerprint density at radius 2 is 2.14 bits per heavy atom. The molecule has 0 radical (unpaired) electrons. The highest BCUT2D eigenvalue weighted by Gasteiger charge is 2.13. The smallest absolute Gasteiger partial charge is 0.226 e. The van der Waals surface area contributed by atoms with Crippen LogP contribution in [0.25, 0.3) is 11.0 Å². The van der Waals surface area contributed by atoms with Crippen molar-refractivity contribution in [1.82, 2.24) is 19.7 Å². The lowest BCUT2D eigenvalue weighted by molar-refractivity contribution is 0.371. The van der Waals surface area contributed by atoms with Crippen LogP contribution in [-0.2, 0) is 19.4 Å². The molecule has 21 heavy (non-hydrogen) atoms. The molecule has 0 atom stereocenters. The topological polar surface area (TPSA) is 80.5 Å². The van der Waals surface area contributed by atoms with Gasteiger partial charge in [-0.05, 0) is 18.6 Å². The fraction of sp³-hybridized carbons (Fsp3) is 0.333. The Labute approximate surface area is 122 Å². The Balaban J connectivity index is 1.97. The first-order chi connectivity index (χ1) is 10.3. The summed E-state index contributed by atoms with van der Waals surface area (Å²) < 4.78 is 7.18. The van der Waals surface area contributed by atoms with Crippen LogP contribution in [0.5, 0.6) is 0 Å². The summed E-state index contributed by atoms with van der Waals surface area (Å²) in [6, 6.07) is 9.96. The Morgan fingerprint density at radius 3 is 2.95 bits per heavy atom. The molecule has 0 spiro atoms. The summed E-state index contributed by atoms with van der Waals surface area (Å²) in [5.41, 5.74) is 1.85. The number of para-hydroxylation sites is 2. The van der Waals surface area contributed by atoms with E-state index in [9.17, 15) is 0 Å². The van der Waals surface area contributed by atoms with Crippen molar-refractivity contribution in [3.63, 3.8) is 0 Å². The average molecular weight is 281 g/mol. The molecule has 6 nitrogen and oxygen atoms in total. The Morgan fingerprint density at radius 1 is 1.29 bits per heavy atom. The van der Waals surface area contributed by atoms with Crippen molar-refractivity contribution in [2.24, 2.45) is 0 Å². The molecule has 0 aliphatic heterocycles. The maximum atomic E-state index is 8.96. The normalized spacial score (nSPS) is 10.9. The van der Waals surface area contributed by atoms with E-state index in [1.54, 1.807) is 0 Å². The van der Waals surface area contributed by atoms with Crippen LogP contribution in [0.3, 0.4) is 0 Å². The van der Waals surface area contributed by atoms with Crippen LogP contribution < -0.4 is 0 Å². The first-order valence-electron chi connectivity index (χ1n) is 6.94. The molecule has 0 amide bonds. The number of aromatic nitrogens is 4. The van der Waals surface area contributed by atoms with E-state index in [2.05, 4.69) is 28.1 Å². The van der Waals surface area contributed by atoms with E-state index in [1.807, 2.05) is 28.8 Å². The molecule has 0 aliphatic rings. The van der Waals surface area contributed by atoms with Gasteiger partial charge in [0, 0.05) is 6.42 Å². The minimum Gasteiger partial charge on any atom is -0.339 e. The van der Waals surface area contributed by atoms with Gasteiger partial charge in [-0.1, -0.05) is 24.2 Å². The first kappa shape index (κ1) is 13.3. The van der Waals surface area contributed by atoms with E-state index in [4.69, 9.17) is 9.78 Å². The summed E-state index contributed by atoms with van der Waals surface area (Å²) >= 11 is 0. The van der Waals surface area contributed by atoms with E-state index in [0.717, 1.165) is 29.7 Å². The Hall–Kier alpha value is -2.68. The monoisotopic (exact) mass is 281 g/mol. The van der Waals surface area contributed by atoms with E-state index < -0.39 is 0 Å². The Kier molecular flexibility index (Phi) is 3.65. The number of nitriles is 1. The summed E-state index contributed by atoms with van der Waals surface area (Å²) in [6.45, 7) is 2.53. The van der Waals surface area contributed by atoms with Crippen molar-refractivity contribution in [2.75, 3.05) is 0 Å². The van der Waals surface area contributed by atoms with E-state index in [1.165, 1.54) is 0 Å². The Bertz CT molecular complexity index is 796. The van der Waals surface area contributed by atoms with Crippen molar-refractivity contribution < 1.29 is 4.52 Å². The quantitative estimate of drug-likeness (QED) is 0.717. The molecule has 0 unspecified atom stereocenters. The summed E-state index contributed by atoms with van der Waals surface area (Å²) in [5.74, 6) is 1.99. The van der Waals surface area contributed by atoms with Crippen molar-refractivity contribution >= 4 is 11.0 Å². The number of hydrogen-bond acceptors (Lipinski definition) is 5. The highest BCUT2D eigenvalue weighted by molar-refractivity contribution is 5.76. The predicted octanol–water partition coefficient (Wildman–Crippen LogP) is 2.49. The molecule has 0 bridgehead atoms. The van der Waals surface area contributed by atoms with Gasteiger partial charge in [0.05, 0.1) is 30.1 Å². The van der Waals surface area contributed by atoms with Gasteiger partial charge in [-0.25, -0.2) is 4.98 Å². The average Bonchev–Trinajstić information content (AvgIpc) is 3.06. The molecule has 6 heteroatoms. The van der Waals surface area contributed by atoms with Crippen LogP contribution in [0.1, 0.15) is 30.9 Å². The number of fused-ring (bicyclic) bond motifs is 1. The zero-order chi connectivity index (χ0) is 14.7. The summed E-state index contributed by atoms with van der Waals surface area (Å²) in [4.78, 5) is 8.87.